The van der Waals surface area contributed by atoms with Crippen LogP contribution < -0.4 is 5.73 Å². The summed E-state index contributed by atoms with van der Waals surface area (Å²) in [5.41, 5.74) is 6.43. The van der Waals surface area contributed by atoms with E-state index in [1.807, 2.05) is 6.07 Å². The van der Waals surface area contributed by atoms with Gasteiger partial charge in [0.25, 0.3) is 0 Å². The highest BCUT2D eigenvalue weighted by Gasteiger charge is 2.22. The summed E-state index contributed by atoms with van der Waals surface area (Å²) in [6.07, 6.45) is 15.3. The van der Waals surface area contributed by atoms with Gasteiger partial charge in [-0.2, -0.15) is 0 Å². The number of thioether (sulfide) groups is 1. The van der Waals surface area contributed by atoms with Crippen molar-refractivity contribution in [3.63, 3.8) is 0 Å². The average Bonchev–Trinajstić information content (AvgIpc) is 3.14. The normalized spacial score (nSPS) is 12.5. The fraction of sp³-hybridized carbons (Fsp3) is 0.630. The lowest BCUT2D eigenvalue weighted by atomic mass is 10.0. The highest BCUT2D eigenvalue weighted by Crippen LogP contribution is 2.32. The van der Waals surface area contributed by atoms with Gasteiger partial charge >= 0.3 is 5.97 Å². The molecule has 2 rings (SSSR count). The Morgan fingerprint density at radius 3 is 2.18 bits per heavy atom. The summed E-state index contributed by atoms with van der Waals surface area (Å²) in [7, 11) is 0. The zero-order valence-corrected chi connectivity index (χ0v) is 21.5. The van der Waals surface area contributed by atoms with E-state index in [0.717, 1.165) is 28.0 Å². The van der Waals surface area contributed by atoms with E-state index in [4.69, 9.17) is 5.73 Å². The zero-order chi connectivity index (χ0) is 24.2. The number of carbonyl (C=O) groups excluding carboxylic acids is 1. The van der Waals surface area contributed by atoms with Crippen LogP contribution >= 0.6 is 11.8 Å². The summed E-state index contributed by atoms with van der Waals surface area (Å²) in [6, 6.07) is 4.50. The zero-order valence-electron chi connectivity index (χ0n) is 20.6. The number of fused-ring (bicyclic) bond motifs is 1. The van der Waals surface area contributed by atoms with Gasteiger partial charge in [-0.1, -0.05) is 84.6 Å². The van der Waals surface area contributed by atoms with Crippen LogP contribution in [0.1, 0.15) is 107 Å². The van der Waals surface area contributed by atoms with Gasteiger partial charge in [-0.05, 0) is 36.6 Å². The van der Waals surface area contributed by atoms with Crippen LogP contribution in [0.25, 0.3) is 10.8 Å². The standard InChI is InChI=1S/C27H42N2O3S/c1-4-5-6-7-8-9-10-11-12-13-16-33-26-23-15-14-21(27(31)32)18-22(23)19-29(26)25(30)24(28)17-20(2)3/h14-15,18-20,24H,4-13,16-17,28H2,1-3H3,(H,31,32)/t24-/m0/s1. The van der Waals surface area contributed by atoms with Gasteiger partial charge in [-0.15, -0.1) is 11.8 Å². The monoisotopic (exact) mass is 474 g/mol. The minimum atomic E-state index is -0.966. The van der Waals surface area contributed by atoms with E-state index in [-0.39, 0.29) is 11.5 Å². The van der Waals surface area contributed by atoms with Crippen LogP contribution in [0, 0.1) is 5.92 Å². The maximum absolute atomic E-state index is 13.1. The minimum Gasteiger partial charge on any atom is -0.478 e. The number of carboxylic acids is 1. The van der Waals surface area contributed by atoms with Gasteiger partial charge in [0.2, 0.25) is 5.91 Å². The molecule has 0 saturated heterocycles. The number of rotatable bonds is 16. The molecule has 0 aliphatic carbocycles. The highest BCUT2D eigenvalue weighted by molar-refractivity contribution is 7.99. The molecule has 33 heavy (non-hydrogen) atoms. The first-order chi connectivity index (χ1) is 15.8. The van der Waals surface area contributed by atoms with E-state index >= 15 is 0 Å². The van der Waals surface area contributed by atoms with Crippen molar-refractivity contribution in [2.45, 2.75) is 102 Å². The third-order valence-corrected chi connectivity index (χ3v) is 7.22. The molecule has 1 aromatic carbocycles. The molecule has 2 aromatic rings. The molecule has 0 bridgehead atoms. The molecule has 5 nitrogen and oxygen atoms in total. The Labute approximate surface area is 203 Å². The summed E-state index contributed by atoms with van der Waals surface area (Å²) in [6.45, 7) is 6.36. The fourth-order valence-electron chi connectivity index (χ4n) is 4.18. The quantitative estimate of drug-likeness (QED) is 0.196. The maximum atomic E-state index is 13.1. The van der Waals surface area contributed by atoms with Gasteiger partial charge in [-0.3, -0.25) is 9.36 Å². The Hall–Kier alpha value is -1.79. The molecule has 3 N–H and O–H groups in total. The Kier molecular flexibility index (Phi) is 12.0. The summed E-state index contributed by atoms with van der Waals surface area (Å²) in [5, 5.41) is 11.9. The van der Waals surface area contributed by atoms with E-state index in [9.17, 15) is 14.7 Å². The predicted molar refractivity (Wildman–Crippen MR) is 140 cm³/mol. The van der Waals surface area contributed by atoms with Crippen LogP contribution in [0.3, 0.4) is 0 Å². The molecular weight excluding hydrogens is 432 g/mol. The topological polar surface area (TPSA) is 85.3 Å². The van der Waals surface area contributed by atoms with Crippen molar-refractivity contribution >= 4 is 34.4 Å². The number of nitrogens with two attached hydrogens (primary N) is 1. The third kappa shape index (κ3) is 8.82. The van der Waals surface area contributed by atoms with Crippen molar-refractivity contribution in [1.82, 2.24) is 4.57 Å². The molecule has 0 radical (unpaired) electrons. The van der Waals surface area contributed by atoms with Gasteiger partial charge in [0.1, 0.15) is 0 Å². The molecule has 0 fully saturated rings. The number of hydrogen-bond acceptors (Lipinski definition) is 4. The fourth-order valence-corrected chi connectivity index (χ4v) is 5.35. The van der Waals surface area contributed by atoms with E-state index in [1.54, 1.807) is 34.7 Å². The van der Waals surface area contributed by atoms with Crippen LogP contribution in [-0.2, 0) is 0 Å². The summed E-state index contributed by atoms with van der Waals surface area (Å²) in [4.78, 5) is 24.5. The Balaban J connectivity index is 1.97. The van der Waals surface area contributed by atoms with Gasteiger partial charge in [-0.25, -0.2) is 4.79 Å². The lowest BCUT2D eigenvalue weighted by Crippen LogP contribution is -2.35. The number of aromatic nitrogens is 1. The molecule has 0 saturated carbocycles. The lowest BCUT2D eigenvalue weighted by Gasteiger charge is -2.15. The molecule has 0 unspecified atom stereocenters. The van der Waals surface area contributed by atoms with Crippen molar-refractivity contribution in [3.8, 4) is 0 Å². The first-order valence-electron chi connectivity index (χ1n) is 12.7. The molecule has 0 amide bonds. The lowest BCUT2D eigenvalue weighted by molar-refractivity contribution is 0.0696. The van der Waals surface area contributed by atoms with Crippen molar-refractivity contribution < 1.29 is 14.7 Å². The number of unbranched alkanes of at least 4 members (excludes halogenated alkanes) is 9. The van der Waals surface area contributed by atoms with Gasteiger partial charge in [0, 0.05) is 17.0 Å². The molecule has 0 spiro atoms. The number of carboxylic acid groups (broad SMARTS) is 1. The van der Waals surface area contributed by atoms with E-state index < -0.39 is 12.0 Å². The molecule has 0 aliphatic heterocycles. The second kappa shape index (κ2) is 14.5. The van der Waals surface area contributed by atoms with Crippen LogP contribution in [0.4, 0.5) is 0 Å². The first kappa shape index (κ1) is 27.5. The van der Waals surface area contributed by atoms with Crippen LogP contribution in [-0.4, -0.2) is 33.3 Å². The molecule has 1 aromatic heterocycles. The summed E-state index contributed by atoms with van der Waals surface area (Å²) in [5.74, 6) is 0.174. The highest BCUT2D eigenvalue weighted by atomic mass is 32.2. The number of carbonyl (C=O) groups is 2. The minimum absolute atomic E-state index is 0.123. The molecule has 1 heterocycles. The number of hydrogen-bond donors (Lipinski definition) is 2. The molecule has 184 valence electrons. The Morgan fingerprint density at radius 2 is 1.61 bits per heavy atom. The van der Waals surface area contributed by atoms with Gasteiger partial charge < -0.3 is 10.8 Å². The van der Waals surface area contributed by atoms with E-state index in [0.29, 0.717) is 12.3 Å². The van der Waals surface area contributed by atoms with Crippen LogP contribution in [0.15, 0.2) is 29.4 Å². The van der Waals surface area contributed by atoms with Crippen molar-refractivity contribution in [3.05, 3.63) is 30.0 Å². The van der Waals surface area contributed by atoms with Crippen LogP contribution in [0.5, 0.6) is 0 Å². The molecular formula is C27H42N2O3S. The van der Waals surface area contributed by atoms with Crippen molar-refractivity contribution in [2.75, 3.05) is 5.75 Å². The molecule has 1 atom stereocenters. The second-order valence-electron chi connectivity index (χ2n) is 9.52. The van der Waals surface area contributed by atoms with Crippen LogP contribution in [0.2, 0.25) is 0 Å². The van der Waals surface area contributed by atoms with Gasteiger partial charge in [0.15, 0.2) is 0 Å². The largest absolute Gasteiger partial charge is 0.478 e. The number of nitrogens with zero attached hydrogens (tertiary/aromatic N) is 1. The van der Waals surface area contributed by atoms with Crippen molar-refractivity contribution in [1.29, 1.82) is 0 Å². The molecule has 6 heteroatoms. The predicted octanol–water partition coefficient (Wildman–Crippen LogP) is 7.37. The second-order valence-corrected chi connectivity index (χ2v) is 10.6. The Morgan fingerprint density at radius 1 is 1.00 bits per heavy atom. The molecule has 0 aliphatic rings. The van der Waals surface area contributed by atoms with E-state index in [2.05, 4.69) is 20.8 Å². The SMILES string of the molecule is CCCCCCCCCCCCSc1c2ccc(C(=O)O)cc2cn1C(=O)[C@@H](N)CC(C)C. The summed E-state index contributed by atoms with van der Waals surface area (Å²) < 4.78 is 1.66. The maximum Gasteiger partial charge on any atom is 0.335 e. The van der Waals surface area contributed by atoms with Crippen molar-refractivity contribution in [2.24, 2.45) is 11.7 Å². The van der Waals surface area contributed by atoms with Gasteiger partial charge in [0.05, 0.1) is 16.6 Å². The Bertz CT molecular complexity index is 891. The van der Waals surface area contributed by atoms with E-state index in [1.165, 1.54) is 57.8 Å². The number of aromatic carboxylic acids is 1. The smallest absolute Gasteiger partial charge is 0.335 e. The average molecular weight is 475 g/mol. The number of benzene rings is 1. The third-order valence-electron chi connectivity index (χ3n) is 6.03. The first-order valence-corrected chi connectivity index (χ1v) is 13.6. The summed E-state index contributed by atoms with van der Waals surface area (Å²) >= 11 is 1.68.